The molecule has 1 aliphatic rings. The van der Waals surface area contributed by atoms with Crippen LogP contribution in [0.5, 0.6) is 5.75 Å². The van der Waals surface area contributed by atoms with Gasteiger partial charge in [-0.15, -0.1) is 0 Å². The van der Waals surface area contributed by atoms with E-state index in [1.54, 1.807) is 18.9 Å². The molecule has 1 aliphatic heterocycles. The number of rotatable bonds is 4. The third-order valence-corrected chi connectivity index (χ3v) is 5.25. The zero-order chi connectivity index (χ0) is 15.4. The van der Waals surface area contributed by atoms with E-state index >= 15 is 0 Å². The normalized spacial score (nSPS) is 18.5. The van der Waals surface area contributed by atoms with E-state index in [0.717, 1.165) is 24.0 Å². The molecule has 4 nitrogen and oxygen atoms in total. The summed E-state index contributed by atoms with van der Waals surface area (Å²) in [4.78, 5) is 8.83. The van der Waals surface area contributed by atoms with Crippen LogP contribution in [0.3, 0.4) is 0 Å². The summed E-state index contributed by atoms with van der Waals surface area (Å²) >= 11 is 7.16. The summed E-state index contributed by atoms with van der Waals surface area (Å²) in [5, 5.41) is 1.79. The minimum Gasteiger partial charge on any atom is -0.497 e. The van der Waals surface area contributed by atoms with Crippen molar-refractivity contribution < 1.29 is 4.74 Å². The molecular formula is C15H21N3OS2. The Morgan fingerprint density at radius 2 is 1.90 bits per heavy atom. The van der Waals surface area contributed by atoms with Crippen LogP contribution < -0.4 is 4.74 Å². The van der Waals surface area contributed by atoms with Gasteiger partial charge in [0.1, 0.15) is 11.1 Å². The van der Waals surface area contributed by atoms with Gasteiger partial charge in [0.05, 0.1) is 7.11 Å². The quantitative estimate of drug-likeness (QED) is 0.792. The lowest BCUT2D eigenvalue weighted by atomic mass is 10.2. The van der Waals surface area contributed by atoms with Crippen molar-refractivity contribution in [3.8, 4) is 5.75 Å². The Bertz CT molecular complexity index is 526. The topological polar surface area (TPSA) is 28.1 Å². The highest BCUT2D eigenvalue weighted by molar-refractivity contribution is 8.14. The van der Waals surface area contributed by atoms with Crippen LogP contribution in [-0.2, 0) is 0 Å². The maximum Gasteiger partial charge on any atom is 0.198 e. The van der Waals surface area contributed by atoms with Crippen molar-refractivity contribution in [3.05, 3.63) is 29.8 Å². The molecule has 0 bridgehead atoms. The van der Waals surface area contributed by atoms with Crippen LogP contribution >= 0.6 is 24.0 Å². The lowest BCUT2D eigenvalue weighted by molar-refractivity contribution is 0.414. The second-order valence-corrected chi connectivity index (χ2v) is 6.12. The van der Waals surface area contributed by atoms with Gasteiger partial charge in [-0.05, 0) is 43.8 Å². The monoisotopic (exact) mass is 323 g/mol. The summed E-state index contributed by atoms with van der Waals surface area (Å²) in [5.41, 5.74) is 1.20. The maximum absolute atomic E-state index is 5.42. The summed E-state index contributed by atoms with van der Waals surface area (Å²) in [6, 6.07) is 8.13. The van der Waals surface area contributed by atoms with Crippen molar-refractivity contribution in [3.63, 3.8) is 0 Å². The number of benzene rings is 1. The van der Waals surface area contributed by atoms with Gasteiger partial charge in [-0.3, -0.25) is 0 Å². The molecule has 1 aromatic rings. The van der Waals surface area contributed by atoms with E-state index in [0.29, 0.717) is 5.11 Å². The van der Waals surface area contributed by atoms with E-state index in [-0.39, 0.29) is 5.37 Å². The number of thiocarbonyl (C=S) groups is 1. The first-order valence-corrected chi connectivity index (χ1v) is 8.30. The molecule has 0 saturated carbocycles. The van der Waals surface area contributed by atoms with Crippen LogP contribution in [0.4, 0.5) is 0 Å². The second-order valence-electron chi connectivity index (χ2n) is 4.70. The summed E-state index contributed by atoms with van der Waals surface area (Å²) in [6.45, 7) is 6.14. The van der Waals surface area contributed by atoms with E-state index in [9.17, 15) is 0 Å². The van der Waals surface area contributed by atoms with E-state index in [4.69, 9.17) is 17.0 Å². The molecule has 1 aromatic carbocycles. The maximum atomic E-state index is 5.42. The summed E-state index contributed by atoms with van der Waals surface area (Å²) in [5.74, 6) is 0.863. The average molecular weight is 323 g/mol. The molecule has 2 rings (SSSR count). The molecule has 1 atom stereocenters. The molecule has 0 amide bonds. The fourth-order valence-electron chi connectivity index (χ4n) is 2.17. The van der Waals surface area contributed by atoms with E-state index in [2.05, 4.69) is 35.9 Å². The van der Waals surface area contributed by atoms with Gasteiger partial charge in [-0.25, -0.2) is 0 Å². The molecule has 0 radical (unpaired) electrons. The third-order valence-electron chi connectivity index (χ3n) is 3.50. The molecule has 0 saturated heterocycles. The van der Waals surface area contributed by atoms with Gasteiger partial charge in [0, 0.05) is 20.1 Å². The Balaban J connectivity index is 2.26. The Morgan fingerprint density at radius 1 is 1.29 bits per heavy atom. The van der Waals surface area contributed by atoms with Gasteiger partial charge < -0.3 is 14.5 Å². The predicted octanol–water partition coefficient (Wildman–Crippen LogP) is 3.36. The molecule has 0 fully saturated rings. The standard InChI is InChI=1S/C15H21N3OS2/c1-5-18(6-2)15-16-14(20)17(3)13(21-15)11-7-9-12(19-4)10-8-11/h7-10,13H,5-6H2,1-4H3. The zero-order valence-corrected chi connectivity index (χ0v) is 14.5. The Kier molecular flexibility index (Phi) is 5.47. The number of aliphatic imine (C=N–C) groups is 1. The van der Waals surface area contributed by atoms with Crippen molar-refractivity contribution in [1.29, 1.82) is 0 Å². The van der Waals surface area contributed by atoms with Crippen molar-refractivity contribution in [2.75, 3.05) is 27.2 Å². The fraction of sp³-hybridized carbons (Fsp3) is 0.467. The second kappa shape index (κ2) is 7.13. The van der Waals surface area contributed by atoms with Crippen LogP contribution in [0.25, 0.3) is 0 Å². The van der Waals surface area contributed by atoms with E-state index < -0.39 is 0 Å². The first-order chi connectivity index (χ1) is 10.1. The molecule has 114 valence electrons. The Hall–Kier alpha value is -1.27. The zero-order valence-electron chi connectivity index (χ0n) is 12.9. The Labute approximate surface area is 136 Å². The number of hydrogen-bond acceptors (Lipinski definition) is 4. The lowest BCUT2D eigenvalue weighted by Gasteiger charge is -2.35. The lowest BCUT2D eigenvalue weighted by Crippen LogP contribution is -2.38. The third kappa shape index (κ3) is 3.49. The minimum atomic E-state index is 0.150. The van der Waals surface area contributed by atoms with Gasteiger partial charge in [0.2, 0.25) is 0 Å². The molecule has 1 unspecified atom stereocenters. The average Bonchev–Trinajstić information content (AvgIpc) is 2.52. The first-order valence-electron chi connectivity index (χ1n) is 7.01. The van der Waals surface area contributed by atoms with Crippen LogP contribution in [0.1, 0.15) is 24.8 Å². The minimum absolute atomic E-state index is 0.150. The van der Waals surface area contributed by atoms with Crippen LogP contribution in [0.15, 0.2) is 29.3 Å². The fourth-order valence-corrected chi connectivity index (χ4v) is 3.78. The molecule has 1 heterocycles. The number of ether oxygens (including phenoxy) is 1. The molecule has 6 heteroatoms. The molecule has 0 spiro atoms. The van der Waals surface area contributed by atoms with Crippen molar-refractivity contribution in [2.45, 2.75) is 19.2 Å². The number of methoxy groups -OCH3 is 1. The molecule has 21 heavy (non-hydrogen) atoms. The SMILES string of the molecule is CCN(CC)C1=NC(=S)N(C)C(c2ccc(OC)cc2)S1. The van der Waals surface area contributed by atoms with E-state index in [1.165, 1.54) is 5.56 Å². The van der Waals surface area contributed by atoms with Crippen LogP contribution in [0.2, 0.25) is 0 Å². The number of amidine groups is 1. The highest BCUT2D eigenvalue weighted by Crippen LogP contribution is 2.37. The largest absolute Gasteiger partial charge is 0.497 e. The highest BCUT2D eigenvalue weighted by atomic mass is 32.2. The Morgan fingerprint density at radius 3 is 2.43 bits per heavy atom. The summed E-state index contributed by atoms with van der Waals surface area (Å²) in [6.07, 6.45) is 0. The first kappa shape index (κ1) is 16.1. The van der Waals surface area contributed by atoms with Gasteiger partial charge in [0.25, 0.3) is 0 Å². The highest BCUT2D eigenvalue weighted by Gasteiger charge is 2.28. The van der Waals surface area contributed by atoms with Gasteiger partial charge in [-0.1, -0.05) is 23.9 Å². The predicted molar refractivity (Wildman–Crippen MR) is 94.0 cm³/mol. The molecular weight excluding hydrogens is 302 g/mol. The smallest absolute Gasteiger partial charge is 0.198 e. The van der Waals surface area contributed by atoms with Crippen LogP contribution in [0, 0.1) is 0 Å². The van der Waals surface area contributed by atoms with Crippen molar-refractivity contribution in [1.82, 2.24) is 9.80 Å². The van der Waals surface area contributed by atoms with Crippen molar-refractivity contribution in [2.24, 2.45) is 4.99 Å². The summed E-state index contributed by atoms with van der Waals surface area (Å²) < 4.78 is 5.22. The van der Waals surface area contributed by atoms with Gasteiger partial charge >= 0.3 is 0 Å². The van der Waals surface area contributed by atoms with Gasteiger partial charge in [-0.2, -0.15) is 4.99 Å². The van der Waals surface area contributed by atoms with Crippen molar-refractivity contribution >= 4 is 34.3 Å². The number of nitrogens with zero attached hydrogens (tertiary/aromatic N) is 3. The molecule has 0 aliphatic carbocycles. The molecule has 0 N–H and O–H groups in total. The van der Waals surface area contributed by atoms with Crippen LogP contribution in [-0.4, -0.2) is 47.3 Å². The van der Waals surface area contributed by atoms with Gasteiger partial charge in [0.15, 0.2) is 10.3 Å². The number of thioether (sulfide) groups is 1. The van der Waals surface area contributed by atoms with E-state index in [1.807, 2.05) is 24.1 Å². The number of hydrogen-bond donors (Lipinski definition) is 0. The summed E-state index contributed by atoms with van der Waals surface area (Å²) in [7, 11) is 3.67. The molecule has 0 aromatic heterocycles.